The molecule has 0 saturated heterocycles. The average Bonchev–Trinajstić information content (AvgIpc) is 2.19. The number of hydrogen-bond acceptors (Lipinski definition) is 2. The smallest absolute Gasteiger partial charge is 0.416 e. The highest BCUT2D eigenvalue weighted by molar-refractivity contribution is 6.31. The Morgan fingerprint density at radius 3 is 2.53 bits per heavy atom. The molecule has 7 heteroatoms. The van der Waals surface area contributed by atoms with Gasteiger partial charge in [-0.3, -0.25) is 4.79 Å². The topological polar surface area (TPSA) is 63.3 Å². The second-order valence-corrected chi connectivity index (χ2v) is 3.86. The van der Waals surface area contributed by atoms with E-state index in [-0.39, 0.29) is 17.0 Å². The first-order valence-electron chi connectivity index (χ1n) is 4.56. The summed E-state index contributed by atoms with van der Waals surface area (Å²) in [6.45, 7) is 0. The number of halogens is 4. The van der Waals surface area contributed by atoms with Gasteiger partial charge in [0, 0.05) is 5.02 Å². The van der Waals surface area contributed by atoms with Gasteiger partial charge in [-0.1, -0.05) is 11.6 Å². The van der Waals surface area contributed by atoms with Crippen molar-refractivity contribution in [2.75, 3.05) is 0 Å². The van der Waals surface area contributed by atoms with Crippen molar-refractivity contribution in [2.45, 2.75) is 18.6 Å². The molecule has 1 unspecified atom stereocenters. The Kier molecular flexibility index (Phi) is 4.00. The van der Waals surface area contributed by atoms with Crippen molar-refractivity contribution in [1.29, 1.82) is 0 Å². The first kappa shape index (κ1) is 13.8. The van der Waals surface area contributed by atoms with E-state index < -0.39 is 23.8 Å². The molecular weight excluding hydrogens is 259 g/mol. The first-order valence-corrected chi connectivity index (χ1v) is 4.93. The third kappa shape index (κ3) is 3.61. The summed E-state index contributed by atoms with van der Waals surface area (Å²) in [7, 11) is 0. The average molecular weight is 268 g/mol. The van der Waals surface area contributed by atoms with Crippen molar-refractivity contribution in [3.8, 4) is 0 Å². The van der Waals surface area contributed by atoms with Crippen LogP contribution in [0.4, 0.5) is 13.2 Å². The van der Waals surface area contributed by atoms with E-state index in [1.54, 1.807) is 0 Å². The minimum Gasteiger partial charge on any atom is -0.480 e. The van der Waals surface area contributed by atoms with E-state index in [0.717, 1.165) is 18.2 Å². The van der Waals surface area contributed by atoms with Crippen LogP contribution >= 0.6 is 11.6 Å². The molecule has 0 spiro atoms. The van der Waals surface area contributed by atoms with Crippen LogP contribution in [0, 0.1) is 0 Å². The zero-order valence-corrected chi connectivity index (χ0v) is 9.22. The van der Waals surface area contributed by atoms with E-state index in [0.29, 0.717) is 0 Å². The lowest BCUT2D eigenvalue weighted by atomic mass is 10.0. The molecule has 0 saturated carbocycles. The van der Waals surface area contributed by atoms with Gasteiger partial charge in [0.1, 0.15) is 6.04 Å². The Bertz CT molecular complexity index is 434. The van der Waals surface area contributed by atoms with Crippen molar-refractivity contribution in [1.82, 2.24) is 0 Å². The zero-order valence-electron chi connectivity index (χ0n) is 8.46. The lowest BCUT2D eigenvalue weighted by molar-refractivity contribution is -0.138. The van der Waals surface area contributed by atoms with Crippen molar-refractivity contribution >= 4 is 17.6 Å². The molecule has 17 heavy (non-hydrogen) atoms. The predicted molar refractivity (Wildman–Crippen MR) is 55.8 cm³/mol. The van der Waals surface area contributed by atoms with Crippen LogP contribution in [0.2, 0.25) is 5.02 Å². The molecule has 94 valence electrons. The van der Waals surface area contributed by atoms with Crippen molar-refractivity contribution in [3.63, 3.8) is 0 Å². The van der Waals surface area contributed by atoms with E-state index in [1.165, 1.54) is 0 Å². The number of benzene rings is 1. The Labute approximate surface area is 100.0 Å². The normalized spacial score (nSPS) is 13.5. The van der Waals surface area contributed by atoms with E-state index >= 15 is 0 Å². The quantitative estimate of drug-likeness (QED) is 0.883. The van der Waals surface area contributed by atoms with Gasteiger partial charge in [0.05, 0.1) is 5.56 Å². The zero-order chi connectivity index (χ0) is 13.2. The maximum atomic E-state index is 12.4. The number of rotatable bonds is 3. The Hall–Kier alpha value is -1.27. The minimum atomic E-state index is -4.49. The molecule has 1 atom stereocenters. The number of hydrogen-bond donors (Lipinski definition) is 2. The van der Waals surface area contributed by atoms with Gasteiger partial charge < -0.3 is 10.8 Å². The van der Waals surface area contributed by atoms with Crippen LogP contribution in [-0.4, -0.2) is 17.1 Å². The summed E-state index contributed by atoms with van der Waals surface area (Å²) in [6.07, 6.45) is -4.75. The molecule has 0 aliphatic heterocycles. The highest BCUT2D eigenvalue weighted by Gasteiger charge is 2.31. The third-order valence-corrected chi connectivity index (χ3v) is 2.50. The first-order chi connectivity index (χ1) is 7.71. The third-order valence-electron chi connectivity index (χ3n) is 2.13. The van der Waals surface area contributed by atoms with Crippen LogP contribution in [0.1, 0.15) is 11.1 Å². The van der Waals surface area contributed by atoms with Gasteiger partial charge >= 0.3 is 12.1 Å². The molecule has 0 fully saturated rings. The molecule has 0 aliphatic carbocycles. The van der Waals surface area contributed by atoms with E-state index in [2.05, 4.69) is 0 Å². The Balaban J connectivity index is 3.03. The number of aliphatic carboxylic acids is 1. The van der Waals surface area contributed by atoms with Gasteiger partial charge in [0.25, 0.3) is 0 Å². The highest BCUT2D eigenvalue weighted by Crippen LogP contribution is 2.32. The molecule has 0 aromatic heterocycles. The fourth-order valence-corrected chi connectivity index (χ4v) is 1.43. The molecule has 1 rings (SSSR count). The Morgan fingerprint density at radius 2 is 2.06 bits per heavy atom. The minimum absolute atomic E-state index is 0.0645. The molecule has 0 aliphatic rings. The summed E-state index contributed by atoms with van der Waals surface area (Å²) in [4.78, 5) is 10.5. The summed E-state index contributed by atoms with van der Waals surface area (Å²) in [5.74, 6) is -1.29. The lowest BCUT2D eigenvalue weighted by Crippen LogP contribution is -2.32. The van der Waals surface area contributed by atoms with E-state index in [1.807, 2.05) is 0 Å². The van der Waals surface area contributed by atoms with Crippen LogP contribution in [0.15, 0.2) is 18.2 Å². The Morgan fingerprint density at radius 1 is 1.47 bits per heavy atom. The number of carbonyl (C=O) groups is 1. The number of carboxylic acid groups (broad SMARTS) is 1. The number of nitrogens with two attached hydrogens (primary N) is 1. The molecule has 0 amide bonds. The molecule has 3 nitrogen and oxygen atoms in total. The molecule has 3 N–H and O–H groups in total. The molecule has 0 bridgehead atoms. The predicted octanol–water partition coefficient (Wildman–Crippen LogP) is 2.31. The summed E-state index contributed by atoms with van der Waals surface area (Å²) >= 11 is 5.68. The fourth-order valence-electron chi connectivity index (χ4n) is 1.23. The second-order valence-electron chi connectivity index (χ2n) is 3.45. The molecule has 0 radical (unpaired) electrons. The lowest BCUT2D eigenvalue weighted by Gasteiger charge is -2.12. The summed E-state index contributed by atoms with van der Waals surface area (Å²) in [6, 6.07) is 1.44. The van der Waals surface area contributed by atoms with Crippen LogP contribution in [0.3, 0.4) is 0 Å². The molecule has 0 heterocycles. The standard InChI is InChI=1S/C10H9ClF3NO2/c11-7-2-1-6(10(12,13)14)3-5(7)4-8(15)9(16)17/h1-3,8H,4,15H2,(H,16,17). The maximum Gasteiger partial charge on any atom is 0.416 e. The molecular formula is C10H9ClF3NO2. The number of carboxylic acids is 1. The monoisotopic (exact) mass is 267 g/mol. The SMILES string of the molecule is NC(Cc1cc(C(F)(F)F)ccc1Cl)C(=O)O. The molecule has 1 aromatic rings. The number of alkyl halides is 3. The second kappa shape index (κ2) is 4.93. The summed E-state index contributed by atoms with van der Waals surface area (Å²) in [5, 5.41) is 8.64. The van der Waals surface area contributed by atoms with Gasteiger partial charge in [-0.05, 0) is 30.2 Å². The van der Waals surface area contributed by atoms with E-state index in [9.17, 15) is 18.0 Å². The van der Waals surface area contributed by atoms with Crippen molar-refractivity contribution in [3.05, 3.63) is 34.3 Å². The van der Waals surface area contributed by atoms with E-state index in [4.69, 9.17) is 22.4 Å². The van der Waals surface area contributed by atoms with Crippen LogP contribution in [0.25, 0.3) is 0 Å². The highest BCUT2D eigenvalue weighted by atomic mass is 35.5. The van der Waals surface area contributed by atoms with Gasteiger partial charge in [0.15, 0.2) is 0 Å². The molecule has 1 aromatic carbocycles. The van der Waals surface area contributed by atoms with Crippen LogP contribution < -0.4 is 5.73 Å². The van der Waals surface area contributed by atoms with Gasteiger partial charge in [0.2, 0.25) is 0 Å². The van der Waals surface area contributed by atoms with Crippen molar-refractivity contribution in [2.24, 2.45) is 5.73 Å². The maximum absolute atomic E-state index is 12.4. The van der Waals surface area contributed by atoms with Crippen LogP contribution in [0.5, 0.6) is 0 Å². The van der Waals surface area contributed by atoms with Gasteiger partial charge in [-0.15, -0.1) is 0 Å². The summed E-state index contributed by atoms with van der Waals surface area (Å²) < 4.78 is 37.2. The fraction of sp³-hybridized carbons (Fsp3) is 0.300. The van der Waals surface area contributed by atoms with Gasteiger partial charge in [-0.2, -0.15) is 13.2 Å². The summed E-state index contributed by atoms with van der Waals surface area (Å²) in [5.41, 5.74) is 4.42. The van der Waals surface area contributed by atoms with Gasteiger partial charge in [-0.25, -0.2) is 0 Å². The van der Waals surface area contributed by atoms with Crippen LogP contribution in [-0.2, 0) is 17.4 Å². The van der Waals surface area contributed by atoms with Crippen molar-refractivity contribution < 1.29 is 23.1 Å². The largest absolute Gasteiger partial charge is 0.480 e.